The van der Waals surface area contributed by atoms with E-state index in [1.165, 1.54) is 6.26 Å². The van der Waals surface area contributed by atoms with Crippen LogP contribution in [0.5, 0.6) is 0 Å². The molecule has 0 aliphatic heterocycles. The van der Waals surface area contributed by atoms with E-state index in [1.807, 2.05) is 38.1 Å². The van der Waals surface area contributed by atoms with Crippen molar-refractivity contribution in [2.45, 2.75) is 39.5 Å². The van der Waals surface area contributed by atoms with Crippen molar-refractivity contribution in [2.75, 3.05) is 12.0 Å². The molecule has 5 heteroatoms. The number of rotatable bonds is 6. The Morgan fingerprint density at radius 2 is 1.57 bits per heavy atom. The van der Waals surface area contributed by atoms with Crippen molar-refractivity contribution < 1.29 is 18.3 Å². The fourth-order valence-electron chi connectivity index (χ4n) is 2.40. The molecule has 0 unspecified atom stereocenters. The highest BCUT2D eigenvalue weighted by Crippen LogP contribution is 2.27. The molecule has 1 N–H and O–H groups in total. The van der Waals surface area contributed by atoms with E-state index in [0.29, 0.717) is 6.42 Å². The molecule has 0 saturated carbocycles. The van der Waals surface area contributed by atoms with E-state index in [2.05, 4.69) is 0 Å². The van der Waals surface area contributed by atoms with Crippen molar-refractivity contribution in [3.05, 3.63) is 35.4 Å². The number of carboxylic acids is 1. The second-order valence-corrected chi connectivity index (χ2v) is 9.16. The molecule has 0 fully saturated rings. The van der Waals surface area contributed by atoms with Gasteiger partial charge in [-0.15, -0.1) is 0 Å². The first-order valence-corrected chi connectivity index (χ1v) is 8.90. The zero-order valence-electron chi connectivity index (χ0n) is 13.3. The topological polar surface area (TPSA) is 71.4 Å². The Labute approximate surface area is 127 Å². The van der Waals surface area contributed by atoms with Crippen LogP contribution < -0.4 is 0 Å². The number of benzene rings is 1. The van der Waals surface area contributed by atoms with Crippen molar-refractivity contribution >= 4 is 15.8 Å². The Morgan fingerprint density at radius 1 is 1.10 bits per heavy atom. The second-order valence-electron chi connectivity index (χ2n) is 7.02. The molecule has 1 aromatic rings. The summed E-state index contributed by atoms with van der Waals surface area (Å²) in [5.41, 5.74) is 0.587. The zero-order valence-corrected chi connectivity index (χ0v) is 14.1. The minimum absolute atomic E-state index is 0.0833. The lowest BCUT2D eigenvalue weighted by atomic mass is 9.83. The lowest BCUT2D eigenvalue weighted by Crippen LogP contribution is -2.28. The van der Waals surface area contributed by atoms with Crippen LogP contribution in [0.4, 0.5) is 0 Å². The maximum absolute atomic E-state index is 11.5. The maximum Gasteiger partial charge on any atom is 0.309 e. The molecule has 0 saturated heterocycles. The van der Waals surface area contributed by atoms with E-state index in [4.69, 9.17) is 5.11 Å². The van der Waals surface area contributed by atoms with Crippen molar-refractivity contribution in [2.24, 2.45) is 5.41 Å². The SMILES string of the molecule is CC(C)(Cc1ccc(C(C)(C)CS(C)(=O)=O)cc1)C(=O)O. The van der Waals surface area contributed by atoms with Crippen LogP contribution in [0.3, 0.4) is 0 Å². The molecule has 0 bridgehead atoms. The van der Waals surface area contributed by atoms with Crippen LogP contribution in [0.15, 0.2) is 24.3 Å². The quantitative estimate of drug-likeness (QED) is 0.876. The summed E-state index contributed by atoms with van der Waals surface area (Å²) in [5.74, 6) is -0.746. The minimum atomic E-state index is -3.06. The Kier molecular flexibility index (Phi) is 4.88. The van der Waals surface area contributed by atoms with Crippen LogP contribution in [0.1, 0.15) is 38.8 Å². The molecule has 4 nitrogen and oxygen atoms in total. The molecule has 0 aromatic heterocycles. The number of aliphatic carboxylic acids is 1. The highest BCUT2D eigenvalue weighted by molar-refractivity contribution is 7.90. The van der Waals surface area contributed by atoms with Gasteiger partial charge in [0.2, 0.25) is 0 Å². The maximum atomic E-state index is 11.5. The number of hydrogen-bond acceptors (Lipinski definition) is 3. The van der Waals surface area contributed by atoms with Crippen molar-refractivity contribution in [1.29, 1.82) is 0 Å². The summed E-state index contributed by atoms with van der Waals surface area (Å²) in [6.45, 7) is 7.17. The average molecular weight is 312 g/mol. The molecule has 0 atom stereocenters. The van der Waals surface area contributed by atoms with Crippen molar-refractivity contribution in [1.82, 2.24) is 0 Å². The molecule has 0 spiro atoms. The fraction of sp³-hybridized carbons (Fsp3) is 0.562. The summed E-state index contributed by atoms with van der Waals surface area (Å²) in [4.78, 5) is 11.1. The van der Waals surface area contributed by atoms with E-state index < -0.39 is 26.6 Å². The van der Waals surface area contributed by atoms with Gasteiger partial charge in [-0.1, -0.05) is 38.1 Å². The van der Waals surface area contributed by atoms with Gasteiger partial charge in [-0.2, -0.15) is 0 Å². The van der Waals surface area contributed by atoms with Crippen molar-refractivity contribution in [3.8, 4) is 0 Å². The van der Waals surface area contributed by atoms with Crippen LogP contribution in [0, 0.1) is 5.41 Å². The van der Waals surface area contributed by atoms with E-state index in [9.17, 15) is 13.2 Å². The Balaban J connectivity index is 2.95. The van der Waals surface area contributed by atoms with E-state index in [1.54, 1.807) is 13.8 Å². The fourth-order valence-corrected chi connectivity index (χ4v) is 3.88. The van der Waals surface area contributed by atoms with Gasteiger partial charge in [0.1, 0.15) is 9.84 Å². The normalized spacial score (nSPS) is 13.2. The monoisotopic (exact) mass is 312 g/mol. The highest BCUT2D eigenvalue weighted by Gasteiger charge is 2.28. The van der Waals surface area contributed by atoms with Crippen LogP contribution in [0.2, 0.25) is 0 Å². The van der Waals surface area contributed by atoms with Crippen LogP contribution in [0.25, 0.3) is 0 Å². The smallest absolute Gasteiger partial charge is 0.309 e. The van der Waals surface area contributed by atoms with Gasteiger partial charge in [-0.25, -0.2) is 8.42 Å². The number of carbonyl (C=O) groups is 1. The summed E-state index contributed by atoms with van der Waals surface area (Å²) in [6.07, 6.45) is 1.67. The number of carboxylic acid groups (broad SMARTS) is 1. The molecule has 0 heterocycles. The molecule has 0 aliphatic carbocycles. The molecule has 1 aromatic carbocycles. The van der Waals surface area contributed by atoms with Gasteiger partial charge in [0.15, 0.2) is 0 Å². The first kappa shape index (κ1) is 17.7. The Hall–Kier alpha value is -1.36. The van der Waals surface area contributed by atoms with E-state index >= 15 is 0 Å². The van der Waals surface area contributed by atoms with Gasteiger partial charge in [-0.3, -0.25) is 4.79 Å². The van der Waals surface area contributed by atoms with Gasteiger partial charge in [0.05, 0.1) is 11.2 Å². The average Bonchev–Trinajstić information content (AvgIpc) is 2.25. The second kappa shape index (κ2) is 5.79. The predicted molar refractivity (Wildman–Crippen MR) is 84.3 cm³/mol. The largest absolute Gasteiger partial charge is 0.481 e. The van der Waals surface area contributed by atoms with Crippen molar-refractivity contribution in [3.63, 3.8) is 0 Å². The molecule has 118 valence electrons. The third-order valence-corrected chi connectivity index (χ3v) is 4.83. The number of sulfone groups is 1. The highest BCUT2D eigenvalue weighted by atomic mass is 32.2. The lowest BCUT2D eigenvalue weighted by Gasteiger charge is -2.25. The van der Waals surface area contributed by atoms with Gasteiger partial charge in [0.25, 0.3) is 0 Å². The molecule has 0 aliphatic rings. The third kappa shape index (κ3) is 5.16. The molecule has 21 heavy (non-hydrogen) atoms. The number of hydrogen-bond donors (Lipinski definition) is 1. The molecular weight excluding hydrogens is 288 g/mol. The van der Waals surface area contributed by atoms with E-state index in [0.717, 1.165) is 11.1 Å². The van der Waals surface area contributed by atoms with E-state index in [-0.39, 0.29) is 5.75 Å². The van der Waals surface area contributed by atoms with Gasteiger partial charge >= 0.3 is 5.97 Å². The minimum Gasteiger partial charge on any atom is -0.481 e. The lowest BCUT2D eigenvalue weighted by molar-refractivity contribution is -0.146. The summed E-state index contributed by atoms with van der Waals surface area (Å²) in [5, 5.41) is 9.15. The summed E-state index contributed by atoms with van der Waals surface area (Å²) in [7, 11) is -3.06. The third-order valence-electron chi connectivity index (χ3n) is 3.58. The van der Waals surface area contributed by atoms with Gasteiger partial charge in [-0.05, 0) is 31.4 Å². The summed E-state index contributed by atoms with van der Waals surface area (Å²) >= 11 is 0. The standard InChI is InChI=1S/C16H24O4S/c1-15(2,14(17)18)10-12-6-8-13(9-7-12)16(3,4)11-21(5,19)20/h6-9H,10-11H2,1-5H3,(H,17,18). The predicted octanol–water partition coefficient (Wildman–Crippen LogP) is 2.66. The van der Waals surface area contributed by atoms with Gasteiger partial charge < -0.3 is 5.11 Å². The van der Waals surface area contributed by atoms with Crippen LogP contribution in [-0.2, 0) is 26.5 Å². The summed E-state index contributed by atoms with van der Waals surface area (Å²) in [6, 6.07) is 7.53. The molecular formula is C16H24O4S. The first-order chi connectivity index (χ1) is 9.33. The molecule has 0 amide bonds. The first-order valence-electron chi connectivity index (χ1n) is 6.84. The van der Waals surface area contributed by atoms with Crippen LogP contribution in [-0.4, -0.2) is 31.5 Å². The Morgan fingerprint density at radius 3 is 1.95 bits per heavy atom. The van der Waals surface area contributed by atoms with Crippen LogP contribution >= 0.6 is 0 Å². The Bertz CT molecular complexity index is 610. The molecule has 0 radical (unpaired) electrons. The zero-order chi connectivity index (χ0) is 16.5. The van der Waals surface area contributed by atoms with Gasteiger partial charge in [0, 0.05) is 11.7 Å². The molecule has 1 rings (SSSR count). The summed E-state index contributed by atoms with van der Waals surface area (Å²) < 4.78 is 23.0.